The lowest BCUT2D eigenvalue weighted by atomic mass is 9.87. The largest absolute Gasteiger partial charge is 0.490 e. The number of carboxylic acids is 1. The van der Waals surface area contributed by atoms with Crippen molar-refractivity contribution in [1.82, 2.24) is 20.0 Å². The Bertz CT molecular complexity index is 1120. The van der Waals surface area contributed by atoms with Gasteiger partial charge in [-0.25, -0.2) is 9.67 Å². The van der Waals surface area contributed by atoms with Gasteiger partial charge in [0.1, 0.15) is 17.2 Å². The number of carboxylic acid groups (broad SMARTS) is 1. The van der Waals surface area contributed by atoms with E-state index in [9.17, 15) is 9.90 Å². The summed E-state index contributed by atoms with van der Waals surface area (Å²) in [5.41, 5.74) is 2.64. The number of benzene rings is 1. The molecule has 3 aromatic rings. The minimum atomic E-state index is -0.730. The van der Waals surface area contributed by atoms with Gasteiger partial charge in [-0.15, -0.1) is 5.10 Å². The van der Waals surface area contributed by atoms with Gasteiger partial charge in [0.25, 0.3) is 6.01 Å². The summed E-state index contributed by atoms with van der Waals surface area (Å²) in [6, 6.07) is 8.26. The molecule has 2 N–H and O–H groups in total. The van der Waals surface area contributed by atoms with Crippen molar-refractivity contribution in [1.29, 1.82) is 0 Å². The van der Waals surface area contributed by atoms with Gasteiger partial charge in [0.15, 0.2) is 0 Å². The first kappa shape index (κ1) is 22.4. The molecule has 2 saturated carbocycles. The number of rotatable bonds is 8. The lowest BCUT2D eigenvalue weighted by molar-refractivity contribution is -0.143. The predicted molar refractivity (Wildman–Crippen MR) is 125 cm³/mol. The number of oxazole rings is 1. The predicted octanol–water partition coefficient (Wildman–Crippen LogP) is 4.76. The van der Waals surface area contributed by atoms with Crippen molar-refractivity contribution < 1.29 is 19.1 Å². The number of hydrogen-bond acceptors (Lipinski definition) is 7. The lowest BCUT2D eigenvalue weighted by Crippen LogP contribution is -2.29. The number of aliphatic carboxylic acids is 1. The molecule has 0 amide bonds. The Hall–Kier alpha value is -3.36. The number of aryl methyl sites for hydroxylation is 1. The molecule has 2 aliphatic carbocycles. The molecule has 0 spiro atoms. The molecule has 5 rings (SSSR count). The molecule has 0 bridgehead atoms. The van der Waals surface area contributed by atoms with E-state index in [2.05, 4.69) is 20.6 Å². The molecule has 2 aliphatic rings. The molecule has 2 aromatic heterocycles. The summed E-state index contributed by atoms with van der Waals surface area (Å²) in [5, 5.41) is 21.1. The monoisotopic (exact) mass is 465 g/mol. The molecule has 180 valence electrons. The van der Waals surface area contributed by atoms with E-state index >= 15 is 0 Å². The summed E-state index contributed by atoms with van der Waals surface area (Å²) in [5.74, 6) is 1.15. The van der Waals surface area contributed by atoms with Crippen LogP contribution >= 0.6 is 0 Å². The Morgan fingerprint density at radius 1 is 1.18 bits per heavy atom. The van der Waals surface area contributed by atoms with Crippen LogP contribution < -0.4 is 10.1 Å². The summed E-state index contributed by atoms with van der Waals surface area (Å²) in [6.07, 6.45) is 9.68. The molecule has 1 unspecified atom stereocenters. The molecule has 0 aliphatic heterocycles. The van der Waals surface area contributed by atoms with E-state index in [4.69, 9.17) is 9.15 Å². The van der Waals surface area contributed by atoms with Gasteiger partial charge in [-0.1, -0.05) is 18.1 Å². The average Bonchev–Trinajstić information content (AvgIpc) is 3.60. The maximum atomic E-state index is 11.3. The Morgan fingerprint density at radius 2 is 1.97 bits per heavy atom. The van der Waals surface area contributed by atoms with Gasteiger partial charge < -0.3 is 19.6 Å². The second kappa shape index (κ2) is 9.87. The zero-order valence-electron chi connectivity index (χ0n) is 19.4. The van der Waals surface area contributed by atoms with Crippen molar-refractivity contribution in [2.75, 3.05) is 5.32 Å². The van der Waals surface area contributed by atoms with E-state index in [1.54, 1.807) is 4.68 Å². The maximum absolute atomic E-state index is 11.3. The molecule has 2 heterocycles. The topological polar surface area (TPSA) is 115 Å². The third kappa shape index (κ3) is 4.93. The minimum Gasteiger partial charge on any atom is -0.490 e. The molecular formula is C25H31N5O4. The van der Waals surface area contributed by atoms with Crippen molar-refractivity contribution in [2.45, 2.75) is 69.9 Å². The summed E-state index contributed by atoms with van der Waals surface area (Å²) >= 11 is 0. The lowest BCUT2D eigenvalue weighted by Gasteiger charge is -2.27. The molecule has 34 heavy (non-hydrogen) atoms. The van der Waals surface area contributed by atoms with E-state index in [0.717, 1.165) is 47.7 Å². The molecule has 0 radical (unpaired) electrons. The van der Waals surface area contributed by atoms with Crippen LogP contribution in [0.15, 0.2) is 34.9 Å². The number of aromatic nitrogens is 4. The zero-order chi connectivity index (χ0) is 23.5. The molecular weight excluding hydrogens is 434 g/mol. The molecule has 1 aromatic carbocycles. The molecule has 2 atom stereocenters. The van der Waals surface area contributed by atoms with Gasteiger partial charge in [-0.05, 0) is 62.8 Å². The molecule has 9 nitrogen and oxygen atoms in total. The van der Waals surface area contributed by atoms with Crippen molar-refractivity contribution in [3.05, 3.63) is 41.9 Å². The van der Waals surface area contributed by atoms with Gasteiger partial charge in [0.05, 0.1) is 30.5 Å². The van der Waals surface area contributed by atoms with Crippen molar-refractivity contribution in [2.24, 2.45) is 13.0 Å². The number of nitrogens with zero attached hydrogens (tertiary/aromatic N) is 4. The highest BCUT2D eigenvalue weighted by Crippen LogP contribution is 2.35. The second-order valence-corrected chi connectivity index (χ2v) is 9.38. The van der Waals surface area contributed by atoms with E-state index in [1.807, 2.05) is 37.5 Å². The van der Waals surface area contributed by atoms with Crippen LogP contribution in [0.1, 0.15) is 68.7 Å². The van der Waals surface area contributed by atoms with Crippen molar-refractivity contribution in [3.63, 3.8) is 0 Å². The standard InChI is InChI=1S/C25H31N5O4/c1-30-21(14-26-25-27-15-22(34-25)16-5-2-3-6-16)23(28-29-30)17-9-11-19(12-10-17)33-20-8-4-7-18(13-20)24(31)32/h9-12,15-16,18,20H,2-8,13-14H2,1H3,(H,26,27)(H,31,32)/t18-,20?/m0/s1. The van der Waals surface area contributed by atoms with Crippen LogP contribution in [0.2, 0.25) is 0 Å². The van der Waals surface area contributed by atoms with E-state index < -0.39 is 5.97 Å². The van der Waals surface area contributed by atoms with E-state index in [0.29, 0.717) is 24.9 Å². The Labute approximate surface area is 198 Å². The fraction of sp³-hybridized carbons (Fsp3) is 0.520. The quantitative estimate of drug-likeness (QED) is 0.489. The highest BCUT2D eigenvalue weighted by atomic mass is 16.5. The highest BCUT2D eigenvalue weighted by Gasteiger charge is 2.28. The van der Waals surface area contributed by atoms with Crippen LogP contribution in [0.5, 0.6) is 5.75 Å². The van der Waals surface area contributed by atoms with Gasteiger partial charge in [-0.2, -0.15) is 0 Å². The first-order valence-corrected chi connectivity index (χ1v) is 12.1. The highest BCUT2D eigenvalue weighted by molar-refractivity contribution is 5.70. The van der Waals surface area contributed by atoms with Crippen LogP contribution in [0, 0.1) is 5.92 Å². The summed E-state index contributed by atoms with van der Waals surface area (Å²) in [6.45, 7) is 0.486. The van der Waals surface area contributed by atoms with Crippen molar-refractivity contribution in [3.8, 4) is 17.0 Å². The number of anilines is 1. The third-order valence-electron chi connectivity index (χ3n) is 7.04. The number of hydrogen-bond donors (Lipinski definition) is 2. The Kier molecular flexibility index (Phi) is 6.51. The number of carbonyl (C=O) groups is 1. The van der Waals surface area contributed by atoms with Gasteiger partial charge in [0, 0.05) is 18.5 Å². The molecule has 2 fully saturated rings. The summed E-state index contributed by atoms with van der Waals surface area (Å²) in [7, 11) is 1.87. The Morgan fingerprint density at radius 3 is 2.74 bits per heavy atom. The second-order valence-electron chi connectivity index (χ2n) is 9.38. The van der Waals surface area contributed by atoms with Crippen molar-refractivity contribution >= 4 is 12.0 Å². The van der Waals surface area contributed by atoms with Crippen LogP contribution in [-0.4, -0.2) is 37.2 Å². The third-order valence-corrected chi connectivity index (χ3v) is 7.04. The minimum absolute atomic E-state index is 0.0631. The van der Waals surface area contributed by atoms with Gasteiger partial charge >= 0.3 is 5.97 Å². The summed E-state index contributed by atoms with van der Waals surface area (Å²) < 4.78 is 13.8. The fourth-order valence-electron chi connectivity index (χ4n) is 5.09. The SMILES string of the molecule is Cn1nnc(-c2ccc(OC3CCC[C@H](C(=O)O)C3)cc2)c1CNc1ncc(C2CCCC2)o1. The number of ether oxygens (including phenoxy) is 1. The number of nitrogens with one attached hydrogen (secondary N) is 1. The average molecular weight is 466 g/mol. The van der Waals surface area contributed by atoms with Crippen LogP contribution in [0.4, 0.5) is 6.01 Å². The zero-order valence-corrected chi connectivity index (χ0v) is 19.4. The first-order valence-electron chi connectivity index (χ1n) is 12.1. The van der Waals surface area contributed by atoms with Gasteiger partial charge in [-0.3, -0.25) is 4.79 Å². The van der Waals surface area contributed by atoms with Crippen LogP contribution in [0.25, 0.3) is 11.3 Å². The summed E-state index contributed by atoms with van der Waals surface area (Å²) in [4.78, 5) is 15.7. The molecule has 0 saturated heterocycles. The first-order chi connectivity index (χ1) is 16.6. The van der Waals surface area contributed by atoms with Crippen LogP contribution in [0.3, 0.4) is 0 Å². The Balaban J connectivity index is 1.23. The fourth-order valence-corrected chi connectivity index (χ4v) is 5.09. The normalized spacial score (nSPS) is 21.0. The maximum Gasteiger partial charge on any atom is 0.306 e. The smallest absolute Gasteiger partial charge is 0.306 e. The van der Waals surface area contributed by atoms with E-state index in [-0.39, 0.29) is 12.0 Å². The van der Waals surface area contributed by atoms with Gasteiger partial charge in [0.2, 0.25) is 0 Å². The molecule has 9 heteroatoms. The van der Waals surface area contributed by atoms with E-state index in [1.165, 1.54) is 25.7 Å². The van der Waals surface area contributed by atoms with Crippen LogP contribution in [-0.2, 0) is 18.4 Å².